The number of halogens is 3. The summed E-state index contributed by atoms with van der Waals surface area (Å²) < 4.78 is 192. The summed E-state index contributed by atoms with van der Waals surface area (Å²) in [6.45, 7) is 11.9. The molecule has 6 aliphatic carbocycles. The zero-order valence-electron chi connectivity index (χ0n) is 70.9. The average molecular weight is 1830 g/mol. The molecule has 1 fully saturated rings. The van der Waals surface area contributed by atoms with E-state index < -0.39 is 81.5 Å². The van der Waals surface area contributed by atoms with Crippen LogP contribution in [0.3, 0.4) is 0 Å². The van der Waals surface area contributed by atoms with Crippen LogP contribution < -0.4 is 65.0 Å². The number of carbonyl (C=O) groups excluding carboxylic acids is 5. The number of ether oxygens (including phenoxy) is 6. The number of fused-ring (bicyclic) bond motifs is 10. The Morgan fingerprint density at radius 3 is 1.31 bits per heavy atom. The predicted molar refractivity (Wildman–Crippen MR) is 454 cm³/mol. The van der Waals surface area contributed by atoms with Crippen LogP contribution in [0.2, 0.25) is 0 Å². The number of nitrogens with zero attached hydrogens (tertiary/aromatic N) is 8. The number of aryl methyl sites for hydroxylation is 2. The number of anilines is 4. The van der Waals surface area contributed by atoms with Gasteiger partial charge in [-0.3, -0.25) is 9.80 Å². The summed E-state index contributed by atoms with van der Waals surface area (Å²) in [7, 11) is -11.9. The van der Waals surface area contributed by atoms with Crippen molar-refractivity contribution in [1.82, 2.24) is 63.9 Å². The van der Waals surface area contributed by atoms with Gasteiger partial charge in [0.05, 0.1) is 70.1 Å². The summed E-state index contributed by atoms with van der Waals surface area (Å²) in [5.74, 6) is -0.788. The minimum Gasteiger partial charge on any atom is -0.476 e. The fraction of sp³-hybridized carbons (Fsp3) is 0.524. The molecule has 3 unspecified atom stereocenters. The van der Waals surface area contributed by atoms with Crippen molar-refractivity contribution in [3.63, 3.8) is 0 Å². The second-order valence-corrected chi connectivity index (χ2v) is 40.2. The fourth-order valence-electron chi connectivity index (χ4n) is 18.2. The number of carbonyl (C=O) groups is 5. The Morgan fingerprint density at radius 1 is 0.476 bits per heavy atom. The largest absolute Gasteiger partial charge is 0.476 e. The highest BCUT2D eigenvalue weighted by Crippen LogP contribution is 2.45. The van der Waals surface area contributed by atoms with Crippen LogP contribution in [0.1, 0.15) is 163 Å². The van der Waals surface area contributed by atoms with Crippen LogP contribution in [0.15, 0.2) is 56.6 Å². The molecule has 0 saturated carbocycles. The lowest BCUT2D eigenvalue weighted by Gasteiger charge is -2.35. The first-order chi connectivity index (χ1) is 60.1. The molecule has 37 nitrogen and oxygen atoms in total. The standard InChI is InChI=1S/C22H27N5O5S.C20H24FN5O4S.C20H23FN4O5S.C20H29FN4O5S/c1-13(28)23-9-14-11-27-21(32-12-14)19(10-24-27)33(30,31)26-22(29)25-20-17-6-2-4-15(17)8-16-5-3-7-18(16)20;1-22-11-9-26-19(30-10-11)16(8-23-26)31(28,29)25-20(27)24-18-14-6-2-4-12(14)17(21)13-5-3-7-15(13)18;1-29-11-9-25-19(30-10-11)16(8-22-25)31(27,28)24-20(26)23-18-14-6-2-4-12(14)17(21)13-5-3-7-15(13)18;1-11(2)15-6-13(21)7-16(12(3)4)18(15)23-20(26)24-31(27,28)17-8-22-25-9-14(29-5)10-30-19(17)25/h8,10,14H,2-7,9,11-12H2,1H3,(H,23,28)(H2,25,26,29);8,11,22H,2-7,9-10H2,1H3,(H2,24,25,27);8,11H,2-7,9-10H2,1H3,(H2,23,24,26);6-8,11-12,14,17,19H,9-10H2,1-5H3,(H2,23,24,26)/t;2*11-;14-,17?,19?/m.111/s1. The van der Waals surface area contributed by atoms with Crippen LogP contribution in [-0.4, -0.2) is 195 Å². The Labute approximate surface area is 727 Å². The lowest BCUT2D eigenvalue weighted by Crippen LogP contribution is -2.54. The Morgan fingerprint density at radius 2 is 0.865 bits per heavy atom. The van der Waals surface area contributed by atoms with Crippen molar-refractivity contribution in [2.24, 2.45) is 11.0 Å². The van der Waals surface area contributed by atoms with Crippen molar-refractivity contribution < 1.29 is 99.2 Å². The fourth-order valence-corrected chi connectivity index (χ4v) is 22.3. The normalized spacial score (nSPS) is 20.2. The third-order valence-corrected chi connectivity index (χ3v) is 29.9. The number of hydrogen-bond donors (Lipinski definition) is 10. The van der Waals surface area contributed by atoms with E-state index in [-0.39, 0.29) is 106 Å². The maximum absolute atomic E-state index is 14.8. The lowest BCUT2D eigenvalue weighted by molar-refractivity contribution is -0.139. The molecule has 44 heteroatoms. The number of likely N-dealkylation sites (N-methyl/N-ethyl adjacent to an activating group) is 1. The molecule has 1 saturated heterocycles. The van der Waals surface area contributed by atoms with Gasteiger partial charge in [-0.1, -0.05) is 33.8 Å². The van der Waals surface area contributed by atoms with E-state index in [1.165, 1.54) is 75.0 Å². The number of amides is 9. The van der Waals surface area contributed by atoms with Gasteiger partial charge in [-0.2, -0.15) is 20.4 Å². The van der Waals surface area contributed by atoms with Gasteiger partial charge in [-0.05, 0) is 224 Å². The van der Waals surface area contributed by atoms with Gasteiger partial charge in [-0.15, -0.1) is 0 Å². The highest BCUT2D eigenvalue weighted by Gasteiger charge is 2.46. The zero-order chi connectivity index (χ0) is 89.6. The summed E-state index contributed by atoms with van der Waals surface area (Å²) >= 11 is 0. The number of methoxy groups -OCH3 is 2. The van der Waals surface area contributed by atoms with E-state index in [1.807, 2.05) is 32.4 Å². The first-order valence-corrected chi connectivity index (χ1v) is 48.1. The Bertz CT molecular complexity index is 5670. The van der Waals surface area contributed by atoms with E-state index in [4.69, 9.17) is 28.4 Å². The molecule has 6 atom stereocenters. The van der Waals surface area contributed by atoms with E-state index in [0.29, 0.717) is 141 Å². The second kappa shape index (κ2) is 37.0. The third-order valence-electron chi connectivity index (χ3n) is 24.4. The highest BCUT2D eigenvalue weighted by atomic mass is 32.2. The minimum atomic E-state index is -4.22. The first kappa shape index (κ1) is 90.2. The summed E-state index contributed by atoms with van der Waals surface area (Å²) in [4.78, 5) is 61.4. The smallest absolute Gasteiger partial charge is 0.333 e. The second-order valence-electron chi connectivity index (χ2n) is 33.4. The van der Waals surface area contributed by atoms with Crippen molar-refractivity contribution in [2.75, 3.05) is 82.1 Å². The number of nitrogens with one attached hydrogen (secondary N) is 10. The minimum absolute atomic E-state index is 0.0156. The molecule has 10 N–H and O–H groups in total. The van der Waals surface area contributed by atoms with E-state index >= 15 is 0 Å². The topological polar surface area (TPSA) is 467 Å². The van der Waals surface area contributed by atoms with Crippen molar-refractivity contribution in [3.8, 4) is 17.6 Å². The van der Waals surface area contributed by atoms with Crippen LogP contribution in [0.5, 0.6) is 17.6 Å². The number of aromatic nitrogens is 6. The number of urea groups is 4. The van der Waals surface area contributed by atoms with Crippen LogP contribution in [-0.2, 0) is 156 Å². The maximum Gasteiger partial charge on any atom is 0.333 e. The van der Waals surface area contributed by atoms with Crippen molar-refractivity contribution in [2.45, 2.75) is 226 Å². The summed E-state index contributed by atoms with van der Waals surface area (Å²) in [5, 5.41) is 33.3. The molecule has 0 spiro atoms. The summed E-state index contributed by atoms with van der Waals surface area (Å²) in [6, 6.07) is 1.49. The van der Waals surface area contributed by atoms with Gasteiger partial charge < -0.3 is 60.3 Å². The van der Waals surface area contributed by atoms with E-state index in [2.05, 4.69) is 72.5 Å². The van der Waals surface area contributed by atoms with E-state index in [9.17, 15) is 70.8 Å². The molecule has 9 amide bonds. The lowest BCUT2D eigenvalue weighted by atomic mass is 9.92. The predicted octanol–water partition coefficient (Wildman–Crippen LogP) is 7.49. The molecule has 5 aliphatic heterocycles. The molecule has 0 radical (unpaired) electrons. The zero-order valence-corrected chi connectivity index (χ0v) is 74.1. The molecular formula is C82H103F3N18O19S4. The SMILES string of the molecule is CC(=O)NCC1COc2c(S(=O)(=O)NC(=O)Nc3c4c(cc5c3CCC5)CCC4)cnn2C1.CN[C@H]1COc2c(S(=O)(=O)NC(=O)Nc3c4c(c(F)c5c3CCC5)CCC4)cnn2C1.CO[C@H]1COC2C(S(=O)(=O)NC(=O)Nc3c(C(C)C)cc(F)cc3C(C)C)C=NN2C1.CO[C@H]1COc2c(S(=O)(=O)NC(=O)Nc3c4c(c(F)c5c3CCC5)CCC4)cnn2C1. The highest BCUT2D eigenvalue weighted by molar-refractivity contribution is 7.91. The van der Waals surface area contributed by atoms with Gasteiger partial charge >= 0.3 is 24.1 Å². The summed E-state index contributed by atoms with van der Waals surface area (Å²) in [5.41, 5.74) is 14.0. The molecule has 126 heavy (non-hydrogen) atoms. The van der Waals surface area contributed by atoms with Gasteiger partial charge in [0.1, 0.15) is 36.8 Å². The number of rotatable bonds is 19. The first-order valence-electron chi connectivity index (χ1n) is 42.1. The Kier molecular flexibility index (Phi) is 26.5. The molecule has 680 valence electrons. The molecule has 4 aromatic carbocycles. The van der Waals surface area contributed by atoms with Gasteiger partial charge in [0.2, 0.25) is 33.6 Å². The average Bonchev–Trinajstić information content (AvgIpc) is 1.60. The molecule has 7 aromatic rings. The van der Waals surface area contributed by atoms with Crippen molar-refractivity contribution >= 4 is 99.1 Å². The van der Waals surface area contributed by atoms with Crippen LogP contribution in [0.4, 0.5) is 55.1 Å². The Balaban J connectivity index is 0.000000130. The Hall–Kier alpha value is -10.6. The third kappa shape index (κ3) is 18.7. The monoisotopic (exact) mass is 1830 g/mol. The molecule has 8 heterocycles. The number of hydrazone groups is 1. The summed E-state index contributed by atoms with van der Waals surface area (Å²) in [6.07, 6.45) is 17.7. The van der Waals surface area contributed by atoms with Gasteiger partial charge in [-0.25, -0.2) is 99.0 Å². The molecule has 0 bridgehead atoms. The number of benzene rings is 4. The number of hydrogen-bond acceptors (Lipinski definition) is 25. The van der Waals surface area contributed by atoms with E-state index in [1.54, 1.807) is 14.2 Å². The van der Waals surface area contributed by atoms with Crippen LogP contribution >= 0.6 is 0 Å². The van der Waals surface area contributed by atoms with Crippen molar-refractivity contribution in [3.05, 3.63) is 132 Å². The van der Waals surface area contributed by atoms with Crippen LogP contribution in [0, 0.1) is 23.4 Å². The quantitative estimate of drug-likeness (QED) is 0.0375. The molecule has 11 aliphatic rings. The van der Waals surface area contributed by atoms with Gasteiger partial charge in [0.15, 0.2) is 26.2 Å². The molecule has 18 rings (SSSR count). The van der Waals surface area contributed by atoms with Crippen molar-refractivity contribution in [1.29, 1.82) is 0 Å². The van der Waals surface area contributed by atoms with Gasteiger partial charge in [0, 0.05) is 62.6 Å². The molecular weight excluding hydrogens is 1730 g/mol. The number of sulfonamides is 4. The molecule has 3 aromatic heterocycles. The van der Waals surface area contributed by atoms with E-state index in [0.717, 1.165) is 109 Å². The maximum atomic E-state index is 14.8. The van der Waals surface area contributed by atoms with Gasteiger partial charge in [0.25, 0.3) is 30.1 Å². The van der Waals surface area contributed by atoms with Crippen LogP contribution in [0.25, 0.3) is 0 Å².